The molecule has 9 nitrogen and oxygen atoms in total. The molecule has 0 radical (unpaired) electrons. The van der Waals surface area contributed by atoms with Gasteiger partial charge < -0.3 is 19.5 Å². The zero-order valence-corrected chi connectivity index (χ0v) is 21.0. The first-order valence-corrected chi connectivity index (χ1v) is 12.8. The third-order valence-electron chi connectivity index (χ3n) is 7.37. The van der Waals surface area contributed by atoms with E-state index >= 15 is 4.39 Å². The first-order valence-electron chi connectivity index (χ1n) is 12.8. The summed E-state index contributed by atoms with van der Waals surface area (Å²) in [6, 6.07) is 16.3. The summed E-state index contributed by atoms with van der Waals surface area (Å²) in [5.74, 6) is -1.92. The van der Waals surface area contributed by atoms with Gasteiger partial charge in [-0.25, -0.2) is 19.4 Å². The molecular formula is C29H26FN5O4. The summed E-state index contributed by atoms with van der Waals surface area (Å²) in [5, 5.41) is 15.8. The number of carboxylic acids is 1. The van der Waals surface area contributed by atoms with Crippen LogP contribution in [0.25, 0.3) is 21.7 Å². The number of nitrogens with zero attached hydrogens (tertiary/aromatic N) is 4. The van der Waals surface area contributed by atoms with E-state index in [2.05, 4.69) is 10.5 Å². The van der Waals surface area contributed by atoms with Crippen molar-refractivity contribution in [1.29, 1.82) is 0 Å². The SMILES string of the molecule is O=C(O)c1cn(C2CC2)c2cc(N3CCN(C(=O)N/N=C/c4cccc5ccccc45)CC3)c(F)cc2c1=O. The van der Waals surface area contributed by atoms with Gasteiger partial charge in [0.1, 0.15) is 11.4 Å². The number of hydrazone groups is 1. The molecule has 198 valence electrons. The maximum Gasteiger partial charge on any atom is 0.341 e. The van der Waals surface area contributed by atoms with Gasteiger partial charge in [-0.2, -0.15) is 5.10 Å². The van der Waals surface area contributed by atoms with Crippen molar-refractivity contribution in [2.24, 2.45) is 5.10 Å². The number of pyridine rings is 1. The number of piperazine rings is 1. The fourth-order valence-electron chi connectivity index (χ4n) is 5.15. The monoisotopic (exact) mass is 527 g/mol. The van der Waals surface area contributed by atoms with Crippen LogP contribution in [0.3, 0.4) is 0 Å². The number of aromatic carboxylic acids is 1. The lowest BCUT2D eigenvalue weighted by atomic mass is 10.1. The van der Waals surface area contributed by atoms with Crippen LogP contribution >= 0.6 is 0 Å². The van der Waals surface area contributed by atoms with Crippen LogP contribution in [0.5, 0.6) is 0 Å². The highest BCUT2D eigenvalue weighted by Gasteiger charge is 2.29. The molecule has 4 aromatic rings. The third-order valence-corrected chi connectivity index (χ3v) is 7.37. The number of anilines is 1. The number of hydrogen-bond acceptors (Lipinski definition) is 5. The van der Waals surface area contributed by atoms with E-state index in [1.807, 2.05) is 47.4 Å². The van der Waals surface area contributed by atoms with Crippen LogP contribution < -0.4 is 15.8 Å². The van der Waals surface area contributed by atoms with Crippen LogP contribution in [-0.2, 0) is 0 Å². The Bertz CT molecular complexity index is 1700. The lowest BCUT2D eigenvalue weighted by molar-refractivity contribution is 0.0694. The van der Waals surface area contributed by atoms with Crippen molar-refractivity contribution in [2.45, 2.75) is 18.9 Å². The minimum atomic E-state index is -1.32. The predicted molar refractivity (Wildman–Crippen MR) is 147 cm³/mol. The van der Waals surface area contributed by atoms with E-state index in [9.17, 15) is 19.5 Å². The number of aromatic nitrogens is 1. The molecule has 6 rings (SSSR count). The van der Waals surface area contributed by atoms with Gasteiger partial charge in [-0.15, -0.1) is 0 Å². The molecule has 0 bridgehead atoms. The predicted octanol–water partition coefficient (Wildman–Crippen LogP) is 4.19. The zero-order chi connectivity index (χ0) is 27.1. The van der Waals surface area contributed by atoms with Crippen molar-refractivity contribution in [2.75, 3.05) is 31.1 Å². The Morgan fingerprint density at radius 3 is 2.49 bits per heavy atom. The van der Waals surface area contributed by atoms with E-state index in [0.717, 1.165) is 35.2 Å². The van der Waals surface area contributed by atoms with E-state index in [1.165, 1.54) is 6.20 Å². The smallest absolute Gasteiger partial charge is 0.341 e. The van der Waals surface area contributed by atoms with Gasteiger partial charge in [0.25, 0.3) is 0 Å². The zero-order valence-electron chi connectivity index (χ0n) is 21.0. The molecule has 39 heavy (non-hydrogen) atoms. The van der Waals surface area contributed by atoms with Crippen LogP contribution in [-0.4, -0.2) is 59.0 Å². The number of carbonyl (C=O) groups is 2. The van der Waals surface area contributed by atoms with Crippen LogP contribution in [0.4, 0.5) is 14.9 Å². The van der Waals surface area contributed by atoms with Crippen molar-refractivity contribution in [3.8, 4) is 0 Å². The van der Waals surface area contributed by atoms with Crippen LogP contribution in [0.2, 0.25) is 0 Å². The third kappa shape index (κ3) is 4.69. The number of nitrogens with one attached hydrogen (secondary N) is 1. The molecule has 2 N–H and O–H groups in total. The summed E-state index contributed by atoms with van der Waals surface area (Å²) < 4.78 is 17.0. The number of rotatable bonds is 5. The Labute approximate surface area is 222 Å². The van der Waals surface area contributed by atoms with Crippen molar-refractivity contribution in [3.63, 3.8) is 0 Å². The molecule has 0 spiro atoms. The first kappa shape index (κ1) is 24.6. The molecule has 1 aliphatic carbocycles. The van der Waals surface area contributed by atoms with E-state index < -0.39 is 17.2 Å². The number of amides is 2. The number of urea groups is 1. The standard InChI is InChI=1S/C29H26FN5O4/c30-24-14-22-25(35(20-8-9-20)17-23(27(22)36)28(37)38)15-26(24)33-10-12-34(13-11-33)29(39)32-31-16-19-6-3-5-18-4-1-2-7-21(18)19/h1-7,14-17,20H,8-13H2,(H,32,39)(H,37,38)/b31-16+. The molecule has 1 saturated carbocycles. The lowest BCUT2D eigenvalue weighted by Crippen LogP contribution is -2.51. The molecule has 2 aliphatic rings. The molecule has 0 atom stereocenters. The van der Waals surface area contributed by atoms with Crippen molar-refractivity contribution in [3.05, 3.63) is 88.0 Å². The van der Waals surface area contributed by atoms with E-state index in [4.69, 9.17) is 0 Å². The molecule has 1 saturated heterocycles. The Balaban J connectivity index is 1.16. The molecule has 2 heterocycles. The largest absolute Gasteiger partial charge is 0.477 e. The second-order valence-corrected chi connectivity index (χ2v) is 9.85. The maximum absolute atomic E-state index is 15.2. The normalized spacial score (nSPS) is 15.8. The highest BCUT2D eigenvalue weighted by molar-refractivity contribution is 6.00. The average molecular weight is 528 g/mol. The second-order valence-electron chi connectivity index (χ2n) is 9.85. The summed E-state index contributed by atoms with van der Waals surface area (Å²) in [5.41, 5.74) is 3.28. The van der Waals surface area contributed by atoms with E-state index in [-0.39, 0.29) is 23.0 Å². The summed E-state index contributed by atoms with van der Waals surface area (Å²) >= 11 is 0. The molecular weight excluding hydrogens is 501 g/mol. The number of carbonyl (C=O) groups excluding carboxylic acids is 1. The van der Waals surface area contributed by atoms with Gasteiger partial charge in [-0.05, 0) is 35.7 Å². The van der Waals surface area contributed by atoms with Gasteiger partial charge in [0.05, 0.1) is 17.4 Å². The Morgan fingerprint density at radius 2 is 1.74 bits per heavy atom. The molecule has 10 heteroatoms. The van der Waals surface area contributed by atoms with Crippen LogP contribution in [0, 0.1) is 5.82 Å². The fourth-order valence-corrected chi connectivity index (χ4v) is 5.15. The highest BCUT2D eigenvalue weighted by atomic mass is 19.1. The molecule has 2 amide bonds. The van der Waals surface area contributed by atoms with Crippen molar-refractivity contribution in [1.82, 2.24) is 14.9 Å². The van der Waals surface area contributed by atoms with E-state index in [0.29, 0.717) is 37.4 Å². The van der Waals surface area contributed by atoms with Gasteiger partial charge in [-0.3, -0.25) is 4.79 Å². The number of halogens is 1. The van der Waals surface area contributed by atoms with Gasteiger partial charge >= 0.3 is 12.0 Å². The molecule has 0 unspecified atom stereocenters. The summed E-state index contributed by atoms with van der Waals surface area (Å²) in [4.78, 5) is 40.5. The highest BCUT2D eigenvalue weighted by Crippen LogP contribution is 2.38. The molecule has 1 aliphatic heterocycles. The molecule has 2 fully saturated rings. The number of hydrogen-bond donors (Lipinski definition) is 2. The van der Waals surface area contributed by atoms with Crippen molar-refractivity contribution >= 4 is 45.6 Å². The summed E-state index contributed by atoms with van der Waals surface area (Å²) in [6.45, 7) is 1.51. The van der Waals surface area contributed by atoms with Crippen molar-refractivity contribution < 1.29 is 19.1 Å². The van der Waals surface area contributed by atoms with Gasteiger partial charge in [-0.1, -0.05) is 42.5 Å². The fraction of sp³-hybridized carbons (Fsp3) is 0.241. The summed E-state index contributed by atoms with van der Waals surface area (Å²) in [6.07, 6.45) is 4.74. The summed E-state index contributed by atoms with van der Waals surface area (Å²) in [7, 11) is 0. The Kier molecular flexibility index (Phi) is 6.22. The quantitative estimate of drug-likeness (QED) is 0.299. The van der Waals surface area contributed by atoms with E-state index in [1.54, 1.807) is 21.7 Å². The number of carboxylic acid groups (broad SMARTS) is 1. The van der Waals surface area contributed by atoms with Gasteiger partial charge in [0.2, 0.25) is 5.43 Å². The average Bonchev–Trinajstić information content (AvgIpc) is 3.79. The lowest BCUT2D eigenvalue weighted by Gasteiger charge is -2.36. The Hall–Kier alpha value is -4.73. The minimum Gasteiger partial charge on any atom is -0.477 e. The van der Waals surface area contributed by atoms with Crippen LogP contribution in [0.1, 0.15) is 34.8 Å². The first-order chi connectivity index (χ1) is 18.9. The molecule has 3 aromatic carbocycles. The minimum absolute atomic E-state index is 0.0603. The molecule has 1 aromatic heterocycles. The number of fused-ring (bicyclic) bond motifs is 2. The van der Waals surface area contributed by atoms with Crippen LogP contribution in [0.15, 0.2) is 70.7 Å². The topological polar surface area (TPSA) is 107 Å². The second kappa shape index (κ2) is 9.86. The maximum atomic E-state index is 15.2. The van der Waals surface area contributed by atoms with Gasteiger partial charge in [0, 0.05) is 49.4 Å². The Morgan fingerprint density at radius 1 is 1.00 bits per heavy atom. The van der Waals surface area contributed by atoms with Gasteiger partial charge in [0.15, 0.2) is 0 Å². The number of benzene rings is 3.